The molecule has 4 nitrogen and oxygen atoms in total. The van der Waals surface area contributed by atoms with Gasteiger partial charge in [-0.05, 0) is 31.5 Å². The Morgan fingerprint density at radius 3 is 2.48 bits per heavy atom. The van der Waals surface area contributed by atoms with Crippen molar-refractivity contribution in [3.05, 3.63) is 42.0 Å². The molecule has 0 bridgehead atoms. The van der Waals surface area contributed by atoms with Crippen molar-refractivity contribution in [1.82, 2.24) is 15.1 Å². The van der Waals surface area contributed by atoms with Crippen LogP contribution in [0.15, 0.2) is 36.4 Å². The molecule has 4 heteroatoms. The van der Waals surface area contributed by atoms with Crippen LogP contribution in [-0.4, -0.2) is 61.5 Å². The number of piperazine rings is 1. The zero-order chi connectivity index (χ0) is 15.9. The molecule has 1 amide bonds. The van der Waals surface area contributed by atoms with Crippen LogP contribution in [0, 0.1) is 5.92 Å². The summed E-state index contributed by atoms with van der Waals surface area (Å²) in [4.78, 5) is 17.0. The lowest BCUT2D eigenvalue weighted by molar-refractivity contribution is -0.138. The maximum Gasteiger partial charge on any atom is 0.225 e. The third-order valence-electron chi connectivity index (χ3n) is 4.85. The fraction of sp³-hybridized carbons (Fsp3) is 0.526. The molecule has 0 radical (unpaired) electrons. The van der Waals surface area contributed by atoms with E-state index in [4.69, 9.17) is 0 Å². The summed E-state index contributed by atoms with van der Waals surface area (Å²) in [6.45, 7) is 6.65. The molecule has 0 spiro atoms. The lowest BCUT2D eigenvalue weighted by Gasteiger charge is -2.36. The van der Waals surface area contributed by atoms with Crippen molar-refractivity contribution >= 4 is 12.0 Å². The molecule has 0 atom stereocenters. The van der Waals surface area contributed by atoms with Crippen molar-refractivity contribution in [1.29, 1.82) is 0 Å². The summed E-state index contributed by atoms with van der Waals surface area (Å²) in [5, 5.41) is 3.33. The molecular weight excluding hydrogens is 286 g/mol. The Hall–Kier alpha value is -1.65. The minimum atomic E-state index is 0.251. The van der Waals surface area contributed by atoms with Crippen molar-refractivity contribution in [2.75, 3.05) is 45.8 Å². The fourth-order valence-corrected chi connectivity index (χ4v) is 3.38. The molecule has 124 valence electrons. The molecule has 0 unspecified atom stereocenters. The fourth-order valence-electron chi connectivity index (χ4n) is 3.38. The van der Waals surface area contributed by atoms with Crippen molar-refractivity contribution < 1.29 is 4.79 Å². The van der Waals surface area contributed by atoms with Crippen LogP contribution in [0.1, 0.15) is 18.4 Å². The van der Waals surface area contributed by atoms with Crippen LogP contribution < -0.4 is 5.32 Å². The normalized spacial score (nSPS) is 21.0. The topological polar surface area (TPSA) is 35.6 Å². The number of piperidine rings is 1. The van der Waals surface area contributed by atoms with Crippen LogP contribution in [0.5, 0.6) is 0 Å². The van der Waals surface area contributed by atoms with Gasteiger partial charge in [0.25, 0.3) is 0 Å². The number of hydrogen-bond donors (Lipinski definition) is 1. The first-order valence-electron chi connectivity index (χ1n) is 8.76. The van der Waals surface area contributed by atoms with Crippen LogP contribution in [0.4, 0.5) is 0 Å². The Bertz CT molecular complexity index is 515. The van der Waals surface area contributed by atoms with E-state index in [1.807, 2.05) is 6.07 Å². The van der Waals surface area contributed by atoms with Crippen LogP contribution >= 0.6 is 0 Å². The maximum atomic E-state index is 12.5. The van der Waals surface area contributed by atoms with E-state index < -0.39 is 0 Å². The number of benzene rings is 1. The van der Waals surface area contributed by atoms with Crippen molar-refractivity contribution in [2.24, 2.45) is 5.92 Å². The van der Waals surface area contributed by atoms with Gasteiger partial charge >= 0.3 is 0 Å². The molecule has 2 aliphatic heterocycles. The number of rotatable bonds is 4. The summed E-state index contributed by atoms with van der Waals surface area (Å²) < 4.78 is 0. The minimum absolute atomic E-state index is 0.251. The third-order valence-corrected chi connectivity index (χ3v) is 4.85. The number of nitrogens with one attached hydrogen (secondary N) is 1. The highest BCUT2D eigenvalue weighted by atomic mass is 16.2. The summed E-state index contributed by atoms with van der Waals surface area (Å²) in [5.41, 5.74) is 1.24. The molecule has 1 aromatic rings. The first kappa shape index (κ1) is 16.2. The molecule has 23 heavy (non-hydrogen) atoms. The number of carbonyl (C=O) groups excluding carboxylic acids is 1. The summed E-state index contributed by atoms with van der Waals surface area (Å²) in [5.74, 6) is 0.631. The average molecular weight is 313 g/mol. The highest BCUT2D eigenvalue weighted by Crippen LogP contribution is 2.16. The lowest BCUT2D eigenvalue weighted by atomic mass is 9.96. The Labute approximate surface area is 139 Å². The largest absolute Gasteiger partial charge is 0.340 e. The van der Waals surface area contributed by atoms with E-state index in [1.54, 1.807) is 0 Å². The molecular formula is C19H27N3O. The zero-order valence-corrected chi connectivity index (χ0v) is 13.8. The second-order valence-corrected chi connectivity index (χ2v) is 6.46. The predicted molar refractivity (Wildman–Crippen MR) is 94.1 cm³/mol. The first-order valence-corrected chi connectivity index (χ1v) is 8.76. The average Bonchev–Trinajstić information content (AvgIpc) is 2.63. The Morgan fingerprint density at radius 2 is 1.78 bits per heavy atom. The molecule has 0 aromatic heterocycles. The second kappa shape index (κ2) is 8.27. The van der Waals surface area contributed by atoms with E-state index >= 15 is 0 Å². The summed E-state index contributed by atoms with van der Waals surface area (Å²) >= 11 is 0. The number of nitrogens with zero attached hydrogens (tertiary/aromatic N) is 2. The van der Waals surface area contributed by atoms with E-state index in [2.05, 4.69) is 51.5 Å². The van der Waals surface area contributed by atoms with Crippen molar-refractivity contribution in [3.63, 3.8) is 0 Å². The van der Waals surface area contributed by atoms with Gasteiger partial charge in [0.2, 0.25) is 5.91 Å². The van der Waals surface area contributed by atoms with Gasteiger partial charge in [-0.1, -0.05) is 42.5 Å². The molecule has 3 rings (SSSR count). The quantitative estimate of drug-likeness (QED) is 0.921. The number of hydrogen-bond acceptors (Lipinski definition) is 3. The van der Waals surface area contributed by atoms with E-state index in [1.165, 1.54) is 5.56 Å². The Morgan fingerprint density at radius 1 is 1.09 bits per heavy atom. The minimum Gasteiger partial charge on any atom is -0.340 e. The van der Waals surface area contributed by atoms with Gasteiger partial charge < -0.3 is 10.2 Å². The predicted octanol–water partition coefficient (Wildman–Crippen LogP) is 1.84. The van der Waals surface area contributed by atoms with Gasteiger partial charge in [0.1, 0.15) is 0 Å². The van der Waals surface area contributed by atoms with Crippen LogP contribution in [0.25, 0.3) is 6.08 Å². The second-order valence-electron chi connectivity index (χ2n) is 6.46. The molecule has 1 aromatic carbocycles. The van der Waals surface area contributed by atoms with Crippen LogP contribution in [0.2, 0.25) is 0 Å². The van der Waals surface area contributed by atoms with E-state index in [0.29, 0.717) is 5.91 Å². The number of carbonyl (C=O) groups is 1. The van der Waals surface area contributed by atoms with Gasteiger partial charge in [-0.15, -0.1) is 0 Å². The molecule has 0 aliphatic carbocycles. The monoisotopic (exact) mass is 313 g/mol. The van der Waals surface area contributed by atoms with E-state index in [0.717, 1.165) is 58.7 Å². The summed E-state index contributed by atoms with van der Waals surface area (Å²) in [6, 6.07) is 10.4. The SMILES string of the molecule is O=C(C1CCNCC1)N1CCN(CC=Cc2ccccc2)CC1. The molecule has 2 saturated heterocycles. The number of amides is 1. The highest BCUT2D eigenvalue weighted by Gasteiger charge is 2.27. The molecule has 2 aliphatic rings. The van der Waals surface area contributed by atoms with Crippen molar-refractivity contribution in [3.8, 4) is 0 Å². The van der Waals surface area contributed by atoms with Gasteiger partial charge in [-0.3, -0.25) is 9.69 Å². The third kappa shape index (κ3) is 4.66. The molecule has 1 N–H and O–H groups in total. The highest BCUT2D eigenvalue weighted by molar-refractivity contribution is 5.79. The van der Waals surface area contributed by atoms with Crippen LogP contribution in [-0.2, 0) is 4.79 Å². The zero-order valence-electron chi connectivity index (χ0n) is 13.8. The van der Waals surface area contributed by atoms with Gasteiger partial charge in [-0.25, -0.2) is 0 Å². The van der Waals surface area contributed by atoms with Crippen molar-refractivity contribution in [2.45, 2.75) is 12.8 Å². The standard InChI is InChI=1S/C19H27N3O/c23-19(18-8-10-20-11-9-18)22-15-13-21(14-16-22)12-4-7-17-5-2-1-3-6-17/h1-7,18,20H,8-16H2. The van der Waals surface area contributed by atoms with Gasteiger partial charge in [0, 0.05) is 38.6 Å². The summed E-state index contributed by atoms with van der Waals surface area (Å²) in [6.07, 6.45) is 6.39. The van der Waals surface area contributed by atoms with Crippen LogP contribution in [0.3, 0.4) is 0 Å². The molecule has 0 saturated carbocycles. The lowest BCUT2D eigenvalue weighted by Crippen LogP contribution is -2.51. The van der Waals surface area contributed by atoms with E-state index in [-0.39, 0.29) is 5.92 Å². The Balaban J connectivity index is 1.41. The Kier molecular flexibility index (Phi) is 5.83. The van der Waals surface area contributed by atoms with E-state index in [9.17, 15) is 4.79 Å². The molecule has 2 fully saturated rings. The maximum absolute atomic E-state index is 12.5. The smallest absolute Gasteiger partial charge is 0.225 e. The first-order chi connectivity index (χ1) is 11.3. The van der Waals surface area contributed by atoms with Gasteiger partial charge in [0.15, 0.2) is 0 Å². The molecule has 2 heterocycles. The summed E-state index contributed by atoms with van der Waals surface area (Å²) in [7, 11) is 0. The van der Waals surface area contributed by atoms with Gasteiger partial charge in [0.05, 0.1) is 0 Å². The van der Waals surface area contributed by atoms with Gasteiger partial charge in [-0.2, -0.15) is 0 Å².